The molecule has 20 heavy (non-hydrogen) atoms. The Labute approximate surface area is 116 Å². The van der Waals surface area contributed by atoms with Crippen molar-refractivity contribution in [1.82, 2.24) is 9.71 Å². The van der Waals surface area contributed by atoms with E-state index >= 15 is 0 Å². The van der Waals surface area contributed by atoms with Crippen LogP contribution in [0, 0.1) is 5.82 Å². The summed E-state index contributed by atoms with van der Waals surface area (Å²) in [6, 6.07) is 9.02. The number of nitrogens with two attached hydrogens (primary N) is 1. The molecular weight excluding hydrogens is 281 g/mol. The van der Waals surface area contributed by atoms with Gasteiger partial charge < -0.3 is 5.73 Å². The summed E-state index contributed by atoms with van der Waals surface area (Å²) in [4.78, 5) is 3.87. The number of rotatable bonds is 5. The van der Waals surface area contributed by atoms with E-state index in [1.54, 1.807) is 24.4 Å². The number of benzene rings is 1. The predicted octanol–water partition coefficient (Wildman–Crippen LogP) is 1.16. The van der Waals surface area contributed by atoms with Crippen LogP contribution in [-0.2, 0) is 23.1 Å². The lowest BCUT2D eigenvalue weighted by atomic mass is 10.2. The van der Waals surface area contributed by atoms with Crippen molar-refractivity contribution < 1.29 is 12.8 Å². The van der Waals surface area contributed by atoms with Gasteiger partial charge in [0.25, 0.3) is 0 Å². The molecule has 1 aromatic carbocycles. The summed E-state index contributed by atoms with van der Waals surface area (Å²) in [7, 11) is -3.83. The highest BCUT2D eigenvalue weighted by Gasteiger charge is 2.20. The van der Waals surface area contributed by atoms with Crippen LogP contribution in [0.25, 0.3) is 0 Å². The smallest absolute Gasteiger partial charge is 0.241 e. The summed E-state index contributed by atoms with van der Waals surface area (Å²) in [6.45, 7) is -0.157. The molecule has 3 N–H and O–H groups in total. The van der Waals surface area contributed by atoms with E-state index in [-0.39, 0.29) is 23.5 Å². The second-order valence-corrected chi connectivity index (χ2v) is 5.80. The fourth-order valence-electron chi connectivity index (χ4n) is 1.74. The minimum atomic E-state index is -3.83. The van der Waals surface area contributed by atoms with Crippen LogP contribution in [-0.4, -0.2) is 13.4 Å². The molecule has 0 atom stereocenters. The topological polar surface area (TPSA) is 85.1 Å². The Hall–Kier alpha value is -1.83. The van der Waals surface area contributed by atoms with Crippen LogP contribution in [0.3, 0.4) is 0 Å². The lowest BCUT2D eigenvalue weighted by Crippen LogP contribution is -2.25. The molecule has 0 fully saturated rings. The van der Waals surface area contributed by atoms with Crippen molar-refractivity contribution in [1.29, 1.82) is 0 Å². The van der Waals surface area contributed by atoms with Gasteiger partial charge in [-0.1, -0.05) is 12.1 Å². The number of nitrogens with zero attached hydrogens (tertiary/aromatic N) is 1. The molecule has 0 aliphatic carbocycles. The van der Waals surface area contributed by atoms with Crippen LogP contribution < -0.4 is 10.5 Å². The summed E-state index contributed by atoms with van der Waals surface area (Å²) in [5.41, 5.74) is 5.96. The Bertz CT molecular complexity index is 690. The molecule has 0 aliphatic heterocycles. The fraction of sp³-hybridized carbons (Fsp3) is 0.154. The number of aromatic nitrogens is 1. The average Bonchev–Trinajstić information content (AvgIpc) is 2.46. The number of hydrogen-bond donors (Lipinski definition) is 2. The van der Waals surface area contributed by atoms with E-state index in [1.807, 2.05) is 0 Å². The third-order valence-corrected chi connectivity index (χ3v) is 4.22. The summed E-state index contributed by atoms with van der Waals surface area (Å²) in [5, 5.41) is 0. The average molecular weight is 295 g/mol. The van der Waals surface area contributed by atoms with Crippen LogP contribution in [0.2, 0.25) is 0 Å². The monoisotopic (exact) mass is 295 g/mol. The first kappa shape index (κ1) is 14.6. The van der Waals surface area contributed by atoms with E-state index in [9.17, 15) is 12.8 Å². The van der Waals surface area contributed by atoms with E-state index in [1.165, 1.54) is 18.2 Å². The predicted molar refractivity (Wildman–Crippen MR) is 72.6 cm³/mol. The lowest BCUT2D eigenvalue weighted by Gasteiger charge is -2.10. The molecule has 5 nitrogen and oxygen atoms in total. The van der Waals surface area contributed by atoms with Gasteiger partial charge in [0, 0.05) is 18.3 Å². The van der Waals surface area contributed by atoms with Gasteiger partial charge in [-0.05, 0) is 24.3 Å². The first-order chi connectivity index (χ1) is 9.54. The largest absolute Gasteiger partial charge is 0.326 e. The van der Waals surface area contributed by atoms with Crippen LogP contribution in [0.1, 0.15) is 11.3 Å². The van der Waals surface area contributed by atoms with Gasteiger partial charge in [0.05, 0.1) is 17.1 Å². The van der Waals surface area contributed by atoms with Gasteiger partial charge in [0.1, 0.15) is 5.82 Å². The molecule has 1 heterocycles. The minimum Gasteiger partial charge on any atom is -0.326 e. The first-order valence-corrected chi connectivity index (χ1v) is 7.40. The Kier molecular flexibility index (Phi) is 4.43. The molecule has 0 saturated heterocycles. The maximum absolute atomic E-state index is 13.6. The zero-order chi connectivity index (χ0) is 14.6. The molecule has 0 saturated carbocycles. The minimum absolute atomic E-state index is 0.0268. The van der Waals surface area contributed by atoms with Crippen molar-refractivity contribution >= 4 is 10.0 Å². The van der Waals surface area contributed by atoms with Crippen LogP contribution in [0.4, 0.5) is 4.39 Å². The molecule has 1 aromatic heterocycles. The highest BCUT2D eigenvalue weighted by molar-refractivity contribution is 7.89. The van der Waals surface area contributed by atoms with Crippen molar-refractivity contribution in [3.05, 3.63) is 59.7 Å². The molecule has 0 aliphatic rings. The third kappa shape index (κ3) is 3.19. The quantitative estimate of drug-likeness (QED) is 0.866. The number of hydrogen-bond acceptors (Lipinski definition) is 4. The summed E-state index contributed by atoms with van der Waals surface area (Å²) < 4.78 is 40.3. The van der Waals surface area contributed by atoms with Gasteiger partial charge in [-0.15, -0.1) is 0 Å². The molecule has 0 spiro atoms. The van der Waals surface area contributed by atoms with Crippen molar-refractivity contribution in [3.63, 3.8) is 0 Å². The number of pyridine rings is 1. The van der Waals surface area contributed by atoms with Crippen LogP contribution in [0.15, 0.2) is 47.5 Å². The number of halogens is 1. The van der Waals surface area contributed by atoms with Gasteiger partial charge in [0.15, 0.2) is 0 Å². The Morgan fingerprint density at radius 3 is 2.65 bits per heavy atom. The number of sulfonamides is 1. The SMILES string of the molecule is NCc1c(F)cccc1S(=O)(=O)NCc1ccccn1. The van der Waals surface area contributed by atoms with E-state index in [0.717, 1.165) is 0 Å². The molecule has 7 heteroatoms. The summed E-state index contributed by atoms with van der Waals surface area (Å²) in [5.74, 6) is -0.631. The Balaban J connectivity index is 2.25. The Morgan fingerprint density at radius 1 is 1.20 bits per heavy atom. The standard InChI is InChI=1S/C13H14FN3O2S/c14-12-5-3-6-13(11(12)8-15)20(18,19)17-9-10-4-1-2-7-16-10/h1-7,17H,8-9,15H2. The van der Waals surface area contributed by atoms with Gasteiger partial charge in [-0.3, -0.25) is 4.98 Å². The van der Waals surface area contributed by atoms with Crippen molar-refractivity contribution in [2.24, 2.45) is 5.73 Å². The molecule has 0 radical (unpaired) electrons. The second kappa shape index (κ2) is 6.08. The van der Waals surface area contributed by atoms with Gasteiger partial charge in [-0.2, -0.15) is 0 Å². The van der Waals surface area contributed by atoms with Crippen molar-refractivity contribution in [2.75, 3.05) is 0 Å². The molecule has 106 valence electrons. The van der Waals surface area contributed by atoms with Crippen LogP contribution >= 0.6 is 0 Å². The first-order valence-electron chi connectivity index (χ1n) is 5.91. The maximum atomic E-state index is 13.6. The van der Waals surface area contributed by atoms with E-state index in [4.69, 9.17) is 5.73 Å². The van der Waals surface area contributed by atoms with Gasteiger partial charge >= 0.3 is 0 Å². The number of nitrogens with one attached hydrogen (secondary N) is 1. The second-order valence-electron chi connectivity index (χ2n) is 4.07. The molecular formula is C13H14FN3O2S. The molecule has 0 unspecified atom stereocenters. The maximum Gasteiger partial charge on any atom is 0.241 e. The van der Waals surface area contributed by atoms with E-state index < -0.39 is 15.8 Å². The molecule has 2 aromatic rings. The molecule has 0 bridgehead atoms. The summed E-state index contributed by atoms with van der Waals surface area (Å²) in [6.07, 6.45) is 1.57. The Morgan fingerprint density at radius 2 is 2.00 bits per heavy atom. The van der Waals surface area contributed by atoms with Gasteiger partial charge in [-0.25, -0.2) is 17.5 Å². The zero-order valence-corrected chi connectivity index (χ0v) is 11.4. The summed E-state index contributed by atoms with van der Waals surface area (Å²) >= 11 is 0. The zero-order valence-electron chi connectivity index (χ0n) is 10.6. The molecule has 0 amide bonds. The third-order valence-electron chi connectivity index (χ3n) is 2.74. The fourth-order valence-corrected chi connectivity index (χ4v) is 2.99. The highest BCUT2D eigenvalue weighted by atomic mass is 32.2. The van der Waals surface area contributed by atoms with Gasteiger partial charge in [0.2, 0.25) is 10.0 Å². The van der Waals surface area contributed by atoms with E-state index in [2.05, 4.69) is 9.71 Å². The van der Waals surface area contributed by atoms with E-state index in [0.29, 0.717) is 5.69 Å². The van der Waals surface area contributed by atoms with Crippen molar-refractivity contribution in [2.45, 2.75) is 18.0 Å². The lowest BCUT2D eigenvalue weighted by molar-refractivity contribution is 0.570. The normalized spacial score (nSPS) is 11.5. The molecule has 2 rings (SSSR count). The van der Waals surface area contributed by atoms with Crippen molar-refractivity contribution in [3.8, 4) is 0 Å². The van der Waals surface area contributed by atoms with Crippen LogP contribution in [0.5, 0.6) is 0 Å². The highest BCUT2D eigenvalue weighted by Crippen LogP contribution is 2.18.